The van der Waals surface area contributed by atoms with Crippen LogP contribution in [0.15, 0.2) is 12.1 Å². The Bertz CT molecular complexity index is 850. The quantitative estimate of drug-likeness (QED) is 0.318. The standard InChI is InChI=1S/C21H32ClN2O4PS2/c1-15-11-12-18(19(22)16(15)2)28-20(25)23(5)31-24(17-9-7-6-8-10-17)29(30)26-13-21(3,4)14-27-29/h11-12,17H,6-10,13-14H2,1-5H3. The second kappa shape index (κ2) is 10.3. The summed E-state index contributed by atoms with van der Waals surface area (Å²) in [5.41, 5.74) is 1.87. The molecule has 1 aromatic rings. The first-order valence-electron chi connectivity index (χ1n) is 10.6. The van der Waals surface area contributed by atoms with Gasteiger partial charge in [-0.05, 0) is 55.7 Å². The zero-order valence-electron chi connectivity index (χ0n) is 18.9. The maximum atomic E-state index is 12.9. The van der Waals surface area contributed by atoms with Crippen LogP contribution in [0.3, 0.4) is 0 Å². The van der Waals surface area contributed by atoms with Crippen LogP contribution in [-0.4, -0.2) is 40.8 Å². The van der Waals surface area contributed by atoms with Gasteiger partial charge in [-0.2, -0.15) is 4.08 Å². The van der Waals surface area contributed by atoms with Crippen LogP contribution in [0.1, 0.15) is 57.1 Å². The minimum atomic E-state index is -2.72. The number of hydrogen-bond acceptors (Lipinski definition) is 6. The summed E-state index contributed by atoms with van der Waals surface area (Å²) < 4.78 is 21.4. The van der Waals surface area contributed by atoms with Gasteiger partial charge in [-0.25, -0.2) is 9.10 Å². The Morgan fingerprint density at radius 2 is 1.84 bits per heavy atom. The van der Waals surface area contributed by atoms with E-state index in [1.807, 2.05) is 24.0 Å². The number of hydrogen-bond donors (Lipinski definition) is 0. The fourth-order valence-electron chi connectivity index (χ4n) is 3.47. The van der Waals surface area contributed by atoms with Crippen LogP contribution in [0, 0.1) is 19.3 Å². The molecule has 31 heavy (non-hydrogen) atoms. The van der Waals surface area contributed by atoms with E-state index >= 15 is 0 Å². The molecule has 0 spiro atoms. The second-order valence-electron chi connectivity index (χ2n) is 9.04. The molecule has 0 N–H and O–H groups in total. The zero-order valence-corrected chi connectivity index (χ0v) is 22.1. The molecule has 1 amide bonds. The van der Waals surface area contributed by atoms with Gasteiger partial charge in [-0.1, -0.05) is 50.8 Å². The van der Waals surface area contributed by atoms with Crippen LogP contribution >= 0.6 is 30.4 Å². The van der Waals surface area contributed by atoms with E-state index in [0.29, 0.717) is 24.0 Å². The van der Waals surface area contributed by atoms with Crippen LogP contribution in [-0.2, 0) is 20.9 Å². The monoisotopic (exact) mass is 506 g/mol. The van der Waals surface area contributed by atoms with Crippen molar-refractivity contribution in [1.29, 1.82) is 0 Å². The fourth-order valence-corrected chi connectivity index (χ4v) is 8.33. The van der Waals surface area contributed by atoms with Crippen molar-refractivity contribution >= 4 is 48.3 Å². The lowest BCUT2D eigenvalue weighted by Crippen LogP contribution is -2.39. The van der Waals surface area contributed by atoms with Crippen LogP contribution < -0.4 is 4.74 Å². The van der Waals surface area contributed by atoms with Crippen LogP contribution in [0.4, 0.5) is 4.79 Å². The van der Waals surface area contributed by atoms with Crippen LogP contribution in [0.25, 0.3) is 0 Å². The van der Waals surface area contributed by atoms with Crippen LogP contribution in [0.2, 0.25) is 5.02 Å². The molecule has 1 aliphatic carbocycles. The maximum Gasteiger partial charge on any atom is 0.426 e. The molecule has 1 saturated carbocycles. The number of carbonyl (C=O) groups is 1. The third-order valence-electron chi connectivity index (χ3n) is 5.65. The summed E-state index contributed by atoms with van der Waals surface area (Å²) in [5.74, 6) is 0.348. The van der Waals surface area contributed by atoms with Crippen molar-refractivity contribution in [1.82, 2.24) is 8.38 Å². The molecular weight excluding hydrogens is 475 g/mol. The van der Waals surface area contributed by atoms with E-state index in [1.54, 1.807) is 13.1 Å². The van der Waals surface area contributed by atoms with Gasteiger partial charge in [0.1, 0.15) is 0 Å². The average molecular weight is 507 g/mol. The number of carbonyl (C=O) groups excluding carboxylic acids is 1. The first kappa shape index (κ1) is 25.3. The van der Waals surface area contributed by atoms with Crippen molar-refractivity contribution in [3.8, 4) is 5.75 Å². The number of rotatable bonds is 5. The lowest BCUT2D eigenvalue weighted by atomic mass is 9.96. The molecule has 0 aromatic heterocycles. The number of nitrogens with zero attached hydrogens (tertiary/aromatic N) is 2. The summed E-state index contributed by atoms with van der Waals surface area (Å²) in [6.45, 7) is 6.44. The van der Waals surface area contributed by atoms with E-state index in [1.165, 1.54) is 22.9 Å². The maximum absolute atomic E-state index is 12.9. The lowest BCUT2D eigenvalue weighted by Gasteiger charge is -2.44. The number of benzene rings is 1. The molecule has 0 atom stereocenters. The van der Waals surface area contributed by atoms with Gasteiger partial charge in [0, 0.05) is 18.5 Å². The summed E-state index contributed by atoms with van der Waals surface area (Å²) in [5, 5.41) is 0.448. The SMILES string of the molecule is Cc1ccc(OC(=O)N(C)SN(C2CCCCC2)P2(=S)OCC(C)(C)CO2)c(Cl)c1C. The van der Waals surface area contributed by atoms with Gasteiger partial charge in [-0.15, -0.1) is 0 Å². The molecule has 2 aliphatic rings. The molecular formula is C21H32ClN2O4PS2. The highest BCUT2D eigenvalue weighted by atomic mass is 35.5. The number of ether oxygens (including phenoxy) is 1. The van der Waals surface area contributed by atoms with Gasteiger partial charge < -0.3 is 13.8 Å². The number of amides is 1. The third kappa shape index (κ3) is 6.17. The van der Waals surface area contributed by atoms with Crippen molar-refractivity contribution in [3.05, 3.63) is 28.3 Å². The van der Waals surface area contributed by atoms with E-state index in [9.17, 15) is 4.79 Å². The van der Waals surface area contributed by atoms with Gasteiger partial charge in [0.2, 0.25) is 0 Å². The predicted molar refractivity (Wildman–Crippen MR) is 131 cm³/mol. The van der Waals surface area contributed by atoms with E-state index in [-0.39, 0.29) is 11.5 Å². The summed E-state index contributed by atoms with van der Waals surface area (Å²) in [4.78, 5) is 12.9. The van der Waals surface area contributed by atoms with Crippen molar-refractivity contribution in [2.75, 3.05) is 20.3 Å². The Kier molecular flexibility index (Phi) is 8.39. The predicted octanol–water partition coefficient (Wildman–Crippen LogP) is 6.88. The average Bonchev–Trinajstić information content (AvgIpc) is 2.75. The molecule has 1 aromatic carbocycles. The molecule has 1 saturated heterocycles. The van der Waals surface area contributed by atoms with Crippen molar-refractivity contribution in [3.63, 3.8) is 0 Å². The van der Waals surface area contributed by atoms with Crippen molar-refractivity contribution in [2.24, 2.45) is 5.41 Å². The Morgan fingerprint density at radius 1 is 1.23 bits per heavy atom. The first-order chi connectivity index (χ1) is 14.5. The minimum Gasteiger partial charge on any atom is -0.408 e. The first-order valence-corrected chi connectivity index (χ1v) is 14.3. The van der Waals surface area contributed by atoms with Crippen LogP contribution in [0.5, 0.6) is 5.75 Å². The molecule has 3 rings (SSSR count). The van der Waals surface area contributed by atoms with Gasteiger partial charge in [-0.3, -0.25) is 0 Å². The van der Waals surface area contributed by atoms with Crippen molar-refractivity contribution in [2.45, 2.75) is 65.8 Å². The molecule has 1 heterocycles. The summed E-state index contributed by atoms with van der Waals surface area (Å²) in [6, 6.07) is 3.81. The van der Waals surface area contributed by atoms with Gasteiger partial charge in [0.05, 0.1) is 30.4 Å². The van der Waals surface area contributed by atoms with Gasteiger partial charge in [0.15, 0.2) is 5.75 Å². The molecule has 0 radical (unpaired) electrons. The fraction of sp³-hybridized carbons (Fsp3) is 0.667. The Hall–Kier alpha value is -0.340. The molecule has 1 aliphatic heterocycles. The second-order valence-corrected chi connectivity index (χ2v) is 14.1. The van der Waals surface area contributed by atoms with E-state index in [4.69, 9.17) is 37.2 Å². The van der Waals surface area contributed by atoms with E-state index in [0.717, 1.165) is 36.8 Å². The minimum absolute atomic E-state index is 0.0733. The van der Waals surface area contributed by atoms with E-state index < -0.39 is 12.7 Å². The smallest absolute Gasteiger partial charge is 0.408 e. The Morgan fingerprint density at radius 3 is 2.45 bits per heavy atom. The molecule has 174 valence electrons. The highest BCUT2D eigenvalue weighted by molar-refractivity contribution is 8.15. The molecule has 2 fully saturated rings. The summed E-state index contributed by atoms with van der Waals surface area (Å²) in [7, 11) is 1.67. The zero-order chi connectivity index (χ0) is 22.8. The normalized spacial score (nSPS) is 21.1. The Labute approximate surface area is 200 Å². The number of halogens is 1. The largest absolute Gasteiger partial charge is 0.426 e. The highest BCUT2D eigenvalue weighted by Crippen LogP contribution is 2.62. The van der Waals surface area contributed by atoms with Gasteiger partial charge in [0.25, 0.3) is 6.64 Å². The highest BCUT2D eigenvalue weighted by Gasteiger charge is 2.43. The molecule has 6 nitrogen and oxygen atoms in total. The summed E-state index contributed by atoms with van der Waals surface area (Å²) in [6.07, 6.45) is 4.98. The van der Waals surface area contributed by atoms with E-state index in [2.05, 4.69) is 13.8 Å². The molecule has 0 unspecified atom stereocenters. The lowest BCUT2D eigenvalue weighted by molar-refractivity contribution is 0.0466. The topological polar surface area (TPSA) is 51.2 Å². The molecule has 10 heteroatoms. The van der Waals surface area contributed by atoms with Crippen molar-refractivity contribution < 1.29 is 18.6 Å². The third-order valence-corrected chi connectivity index (χ3v) is 11.0. The Balaban J connectivity index is 1.75. The van der Waals surface area contributed by atoms with Gasteiger partial charge >= 0.3 is 6.09 Å². The summed E-state index contributed by atoms with van der Waals surface area (Å²) >= 11 is 13.5. The number of aryl methyl sites for hydroxylation is 1. The molecule has 0 bridgehead atoms.